The third-order valence-electron chi connectivity index (χ3n) is 1.96. The molecule has 0 saturated carbocycles. The summed E-state index contributed by atoms with van der Waals surface area (Å²) in [5.74, 6) is 0.00305. The molecule has 0 aliphatic carbocycles. The van der Waals surface area contributed by atoms with E-state index in [9.17, 15) is 9.59 Å². The summed E-state index contributed by atoms with van der Waals surface area (Å²) in [6.45, 7) is 0. The molecule has 1 atom stereocenters. The monoisotopic (exact) mass is 302 g/mol. The molecule has 2 nitrogen and oxygen atoms in total. The minimum atomic E-state index is -0.122. The van der Waals surface area contributed by atoms with Gasteiger partial charge in [0, 0.05) is 0 Å². The number of hydrogen-bond donors (Lipinski definition) is 2. The first-order valence-electron chi connectivity index (χ1n) is 4.28. The Morgan fingerprint density at radius 3 is 2.27 bits per heavy atom. The van der Waals surface area contributed by atoms with Crippen LogP contribution in [0.5, 0.6) is 0 Å². The second kappa shape index (κ2) is 5.78. The zero-order valence-corrected chi connectivity index (χ0v) is 12.1. The molecule has 1 aromatic rings. The van der Waals surface area contributed by atoms with Crippen molar-refractivity contribution in [1.82, 2.24) is 0 Å². The van der Waals surface area contributed by atoms with Gasteiger partial charge in [-0.15, -0.1) is 0 Å². The summed E-state index contributed by atoms with van der Waals surface area (Å²) >= 11 is 9.21. The van der Waals surface area contributed by atoms with E-state index in [1.165, 1.54) is 16.9 Å². The third kappa shape index (κ3) is 2.90. The first-order valence-corrected chi connectivity index (χ1v) is 6.76. The normalized spacial score (nSPS) is 10.1. The van der Waals surface area contributed by atoms with Crippen LogP contribution in [-0.2, 0) is 0 Å². The second-order valence-corrected chi connectivity index (χ2v) is 4.87. The van der Waals surface area contributed by atoms with Crippen LogP contribution in [0.15, 0.2) is 18.2 Å². The Morgan fingerprint density at radius 2 is 1.73 bits per heavy atom. The molecule has 0 aliphatic rings. The van der Waals surface area contributed by atoms with E-state index in [1.807, 2.05) is 6.07 Å². The zero-order chi connectivity index (χ0) is 11.4. The molecule has 1 aromatic carbocycles. The van der Waals surface area contributed by atoms with Crippen LogP contribution in [-0.4, -0.2) is 39.9 Å². The average Bonchev–Trinajstić information content (AvgIpc) is 2.26. The number of thiol groups is 2. The predicted octanol–water partition coefficient (Wildman–Crippen LogP) is 0.170. The van der Waals surface area contributed by atoms with Crippen molar-refractivity contribution in [2.45, 2.75) is 0 Å². The van der Waals surface area contributed by atoms with E-state index in [0.717, 1.165) is 4.35 Å². The van der Waals surface area contributed by atoms with Crippen molar-refractivity contribution in [2.75, 3.05) is 11.5 Å². The van der Waals surface area contributed by atoms with Crippen molar-refractivity contribution in [3.8, 4) is 0 Å². The Morgan fingerprint density at radius 1 is 1.13 bits per heavy atom. The second-order valence-electron chi connectivity index (χ2n) is 2.93. The van der Waals surface area contributed by atoms with Crippen LogP contribution < -0.4 is 4.35 Å². The first-order chi connectivity index (χ1) is 7.11. The maximum absolute atomic E-state index is 11.6. The molecule has 0 saturated heterocycles. The Labute approximate surface area is 108 Å². The van der Waals surface area contributed by atoms with Crippen LogP contribution >= 0.6 is 25.3 Å². The third-order valence-corrected chi connectivity index (χ3v) is 3.55. The fourth-order valence-corrected chi connectivity index (χ4v) is 2.50. The van der Waals surface area contributed by atoms with E-state index in [2.05, 4.69) is 25.3 Å². The predicted molar refractivity (Wildman–Crippen MR) is 71.0 cm³/mol. The van der Waals surface area contributed by atoms with Crippen LogP contribution in [0.1, 0.15) is 20.7 Å². The molecule has 0 heterocycles. The van der Waals surface area contributed by atoms with Gasteiger partial charge in [-0.25, -0.2) is 0 Å². The molecule has 1 rings (SSSR count). The standard InChI is InChI=1S/C10H11AsO2S2/c11-7-3-1-2-6(8(12)4-14)10(7)9(13)5-15/h1-3,14-15H,4-5,11H2. The Kier molecular flexibility index (Phi) is 4.97. The Bertz CT molecular complexity index is 404. The Balaban J connectivity index is 3.32. The van der Waals surface area contributed by atoms with Crippen LogP contribution in [0.2, 0.25) is 0 Å². The molecule has 5 heteroatoms. The van der Waals surface area contributed by atoms with Gasteiger partial charge < -0.3 is 0 Å². The van der Waals surface area contributed by atoms with E-state index >= 15 is 0 Å². The SMILES string of the molecule is O=C(CS)c1cccc([AsH2])c1C(=O)CS. The van der Waals surface area contributed by atoms with Crippen molar-refractivity contribution in [3.05, 3.63) is 29.3 Å². The summed E-state index contributed by atoms with van der Waals surface area (Å²) in [4.78, 5) is 23.2. The minimum absolute atomic E-state index is 0.108. The molecular formula is C10H11AsO2S2. The van der Waals surface area contributed by atoms with Gasteiger partial charge in [0.15, 0.2) is 0 Å². The van der Waals surface area contributed by atoms with Crippen LogP contribution in [0.25, 0.3) is 0 Å². The van der Waals surface area contributed by atoms with Gasteiger partial charge in [-0.2, -0.15) is 0 Å². The van der Waals surface area contributed by atoms with Gasteiger partial charge in [-0.3, -0.25) is 0 Å². The van der Waals surface area contributed by atoms with Crippen molar-refractivity contribution < 1.29 is 9.59 Å². The van der Waals surface area contributed by atoms with Crippen molar-refractivity contribution in [2.24, 2.45) is 0 Å². The number of rotatable bonds is 4. The molecular weight excluding hydrogens is 291 g/mol. The van der Waals surface area contributed by atoms with Gasteiger partial charge in [0.1, 0.15) is 0 Å². The van der Waals surface area contributed by atoms with Gasteiger partial charge >= 0.3 is 108 Å². The van der Waals surface area contributed by atoms with Gasteiger partial charge in [-0.05, 0) is 0 Å². The Hall–Kier alpha value is -0.182. The quantitative estimate of drug-likeness (QED) is 0.472. The summed E-state index contributed by atoms with van der Waals surface area (Å²) in [5.41, 5.74) is 0.970. The van der Waals surface area contributed by atoms with Gasteiger partial charge in [0.2, 0.25) is 0 Å². The molecule has 15 heavy (non-hydrogen) atoms. The number of hydrogen-bond acceptors (Lipinski definition) is 4. The number of carbonyl (C=O) groups is 2. The van der Waals surface area contributed by atoms with E-state index in [1.54, 1.807) is 12.1 Å². The molecule has 1 unspecified atom stereocenters. The molecule has 0 N–H and O–H groups in total. The summed E-state index contributed by atoms with van der Waals surface area (Å²) in [6.07, 6.45) is 0. The molecule has 0 spiro atoms. The van der Waals surface area contributed by atoms with Crippen molar-refractivity contribution in [3.63, 3.8) is 0 Å². The van der Waals surface area contributed by atoms with Gasteiger partial charge in [0.05, 0.1) is 0 Å². The van der Waals surface area contributed by atoms with E-state index < -0.39 is 0 Å². The van der Waals surface area contributed by atoms with Gasteiger partial charge in [0.25, 0.3) is 0 Å². The molecule has 0 aliphatic heterocycles. The number of carbonyl (C=O) groups excluding carboxylic acids is 2. The number of Topliss-reactive ketones (excluding diaryl/α,β-unsaturated/α-hetero) is 2. The maximum atomic E-state index is 11.6. The topological polar surface area (TPSA) is 34.1 Å². The zero-order valence-electron chi connectivity index (χ0n) is 7.93. The molecule has 80 valence electrons. The average molecular weight is 302 g/mol. The van der Waals surface area contributed by atoms with Crippen LogP contribution in [0, 0.1) is 0 Å². The van der Waals surface area contributed by atoms with Crippen molar-refractivity contribution in [1.29, 1.82) is 0 Å². The molecule has 0 amide bonds. The number of benzene rings is 1. The van der Waals surface area contributed by atoms with Crippen LogP contribution in [0.3, 0.4) is 0 Å². The molecule has 0 bridgehead atoms. The summed E-state index contributed by atoms with van der Waals surface area (Å²) in [6, 6.07) is 5.29. The fourth-order valence-electron chi connectivity index (χ4n) is 1.28. The summed E-state index contributed by atoms with van der Waals surface area (Å²) in [7, 11) is 0. The van der Waals surface area contributed by atoms with Crippen molar-refractivity contribution >= 4 is 58.0 Å². The summed E-state index contributed by atoms with van der Waals surface area (Å²) < 4.78 is 0.870. The van der Waals surface area contributed by atoms with E-state index in [0.29, 0.717) is 11.1 Å². The van der Waals surface area contributed by atoms with Crippen LogP contribution in [0.4, 0.5) is 0 Å². The molecule has 0 fully saturated rings. The first kappa shape index (κ1) is 12.9. The van der Waals surface area contributed by atoms with E-state index in [-0.39, 0.29) is 23.1 Å². The van der Waals surface area contributed by atoms with Gasteiger partial charge in [-0.1, -0.05) is 0 Å². The molecule has 0 aromatic heterocycles. The van der Waals surface area contributed by atoms with E-state index in [4.69, 9.17) is 0 Å². The fraction of sp³-hybridized carbons (Fsp3) is 0.200. The number of ketones is 2. The molecule has 0 radical (unpaired) electrons. The summed E-state index contributed by atoms with van der Waals surface area (Å²) in [5, 5.41) is 0.